The lowest BCUT2D eigenvalue weighted by Gasteiger charge is -2.36. The van der Waals surface area contributed by atoms with Gasteiger partial charge in [0.2, 0.25) is 0 Å². The van der Waals surface area contributed by atoms with Crippen LogP contribution in [0.4, 0.5) is 0 Å². The number of carbonyl (C=O) groups excluding carboxylic acids is 1. The van der Waals surface area contributed by atoms with Gasteiger partial charge in [0, 0.05) is 12.6 Å². The van der Waals surface area contributed by atoms with E-state index in [0.717, 1.165) is 23.7 Å². The molecule has 0 atom stereocenters. The van der Waals surface area contributed by atoms with E-state index in [2.05, 4.69) is 22.3 Å². The Morgan fingerprint density at radius 2 is 1.74 bits per heavy atom. The summed E-state index contributed by atoms with van der Waals surface area (Å²) in [5, 5.41) is 5.37. The van der Waals surface area contributed by atoms with Crippen LogP contribution in [0.15, 0.2) is 42.5 Å². The van der Waals surface area contributed by atoms with Crippen molar-refractivity contribution in [1.82, 2.24) is 10.2 Å². The summed E-state index contributed by atoms with van der Waals surface area (Å²) in [6.07, 6.45) is 7.96. The number of fused-ring (bicyclic) bond motifs is 1. The van der Waals surface area contributed by atoms with Crippen LogP contribution in [0.3, 0.4) is 0 Å². The van der Waals surface area contributed by atoms with Gasteiger partial charge in [-0.3, -0.25) is 4.79 Å². The molecule has 0 aromatic heterocycles. The van der Waals surface area contributed by atoms with Gasteiger partial charge in [0.1, 0.15) is 5.75 Å². The number of nitrogens with one attached hydrogen (secondary N) is 1. The van der Waals surface area contributed by atoms with Crippen LogP contribution in [0.5, 0.6) is 5.75 Å². The minimum absolute atomic E-state index is 0.0265. The molecule has 2 aliphatic rings. The molecule has 4 nitrogen and oxygen atoms in total. The van der Waals surface area contributed by atoms with Crippen molar-refractivity contribution in [2.75, 3.05) is 26.2 Å². The zero-order chi connectivity index (χ0) is 18.5. The van der Waals surface area contributed by atoms with Crippen molar-refractivity contribution >= 4 is 16.7 Å². The van der Waals surface area contributed by atoms with Gasteiger partial charge in [-0.25, -0.2) is 0 Å². The highest BCUT2D eigenvalue weighted by Crippen LogP contribution is 2.27. The number of benzene rings is 2. The zero-order valence-electron chi connectivity index (χ0n) is 16.0. The minimum atomic E-state index is -0.0265. The molecule has 1 aliphatic heterocycles. The number of hydrogen-bond donors (Lipinski definition) is 1. The molecule has 1 saturated heterocycles. The van der Waals surface area contributed by atoms with Crippen LogP contribution in [0.1, 0.15) is 38.5 Å². The summed E-state index contributed by atoms with van der Waals surface area (Å²) in [4.78, 5) is 14.8. The Kier molecular flexibility index (Phi) is 5.93. The van der Waals surface area contributed by atoms with E-state index < -0.39 is 0 Å². The Labute approximate surface area is 161 Å². The van der Waals surface area contributed by atoms with Crippen LogP contribution in [0.2, 0.25) is 0 Å². The van der Waals surface area contributed by atoms with Crippen molar-refractivity contribution in [1.29, 1.82) is 0 Å². The molecule has 144 valence electrons. The highest BCUT2D eigenvalue weighted by atomic mass is 16.5. The van der Waals surface area contributed by atoms with Crippen LogP contribution in [-0.2, 0) is 4.79 Å². The van der Waals surface area contributed by atoms with E-state index >= 15 is 0 Å². The van der Waals surface area contributed by atoms with Gasteiger partial charge in [0.05, 0.1) is 0 Å². The Bertz CT molecular complexity index is 762. The average molecular weight is 367 g/mol. The quantitative estimate of drug-likeness (QED) is 0.840. The first-order valence-corrected chi connectivity index (χ1v) is 10.4. The van der Waals surface area contributed by atoms with Crippen molar-refractivity contribution in [2.24, 2.45) is 5.92 Å². The summed E-state index contributed by atoms with van der Waals surface area (Å²) >= 11 is 0. The molecule has 4 rings (SSSR count). The lowest BCUT2D eigenvalue weighted by atomic mass is 9.95. The number of nitrogens with zero attached hydrogens (tertiary/aromatic N) is 1. The maximum Gasteiger partial charge on any atom is 0.257 e. The third kappa shape index (κ3) is 4.81. The predicted molar refractivity (Wildman–Crippen MR) is 109 cm³/mol. The number of rotatable bonds is 6. The van der Waals surface area contributed by atoms with Crippen LogP contribution in [0, 0.1) is 5.92 Å². The molecule has 1 N–H and O–H groups in total. The molecule has 2 aromatic carbocycles. The van der Waals surface area contributed by atoms with Crippen LogP contribution >= 0.6 is 0 Å². The fraction of sp³-hybridized carbons (Fsp3) is 0.522. The molecule has 1 aliphatic carbocycles. The lowest BCUT2D eigenvalue weighted by Crippen LogP contribution is -2.43. The van der Waals surface area contributed by atoms with Crippen molar-refractivity contribution in [2.45, 2.75) is 44.6 Å². The van der Waals surface area contributed by atoms with Crippen LogP contribution in [0.25, 0.3) is 10.8 Å². The average Bonchev–Trinajstić information content (AvgIpc) is 3.26. The monoisotopic (exact) mass is 366 g/mol. The molecule has 2 fully saturated rings. The van der Waals surface area contributed by atoms with Gasteiger partial charge in [-0.2, -0.15) is 0 Å². The first-order valence-electron chi connectivity index (χ1n) is 10.4. The summed E-state index contributed by atoms with van der Waals surface area (Å²) in [7, 11) is 0. The molecule has 4 heteroatoms. The first kappa shape index (κ1) is 18.3. The number of piperidine rings is 1. The van der Waals surface area contributed by atoms with Crippen LogP contribution < -0.4 is 10.1 Å². The fourth-order valence-corrected chi connectivity index (χ4v) is 4.51. The van der Waals surface area contributed by atoms with Gasteiger partial charge < -0.3 is 15.0 Å². The number of carbonyl (C=O) groups is 1. The highest BCUT2D eigenvalue weighted by molar-refractivity contribution is 5.84. The summed E-state index contributed by atoms with van der Waals surface area (Å²) < 4.78 is 5.68. The smallest absolute Gasteiger partial charge is 0.257 e. The first-order chi connectivity index (χ1) is 13.3. The maximum absolute atomic E-state index is 12.1. The normalized spacial score (nSPS) is 19.4. The van der Waals surface area contributed by atoms with Gasteiger partial charge in [-0.05, 0) is 67.6 Å². The molecule has 0 unspecified atom stereocenters. The lowest BCUT2D eigenvalue weighted by molar-refractivity contribution is -0.123. The number of likely N-dealkylation sites (tertiary alicyclic amines) is 1. The second kappa shape index (κ2) is 8.75. The Morgan fingerprint density at radius 3 is 2.52 bits per heavy atom. The summed E-state index contributed by atoms with van der Waals surface area (Å²) in [6, 6.07) is 14.9. The number of hydrogen-bond acceptors (Lipinski definition) is 3. The van der Waals surface area contributed by atoms with Gasteiger partial charge in [0.15, 0.2) is 6.61 Å². The Morgan fingerprint density at radius 1 is 1.00 bits per heavy atom. The van der Waals surface area contributed by atoms with Gasteiger partial charge in [-0.1, -0.05) is 43.2 Å². The SMILES string of the molecule is O=C(COc1ccc2ccccc2c1)NCC1CCN(C2CCCC2)CC1. The summed E-state index contributed by atoms with van der Waals surface area (Å²) in [6.45, 7) is 3.25. The maximum atomic E-state index is 12.1. The zero-order valence-corrected chi connectivity index (χ0v) is 16.0. The van der Waals surface area contributed by atoms with E-state index in [9.17, 15) is 4.79 Å². The summed E-state index contributed by atoms with van der Waals surface area (Å²) in [5.41, 5.74) is 0. The molecule has 1 amide bonds. The third-order valence-corrected chi connectivity index (χ3v) is 6.17. The van der Waals surface area contributed by atoms with E-state index in [1.54, 1.807) is 0 Å². The van der Waals surface area contributed by atoms with E-state index in [-0.39, 0.29) is 12.5 Å². The minimum Gasteiger partial charge on any atom is -0.484 e. The molecule has 1 heterocycles. The molecule has 2 aromatic rings. The molecule has 0 bridgehead atoms. The Hall–Kier alpha value is -2.07. The van der Waals surface area contributed by atoms with E-state index in [0.29, 0.717) is 5.92 Å². The largest absolute Gasteiger partial charge is 0.484 e. The molecular weight excluding hydrogens is 336 g/mol. The molecule has 27 heavy (non-hydrogen) atoms. The molecule has 0 radical (unpaired) electrons. The second-order valence-electron chi connectivity index (χ2n) is 8.02. The van der Waals surface area contributed by atoms with Crippen molar-refractivity contribution in [3.8, 4) is 5.75 Å². The van der Waals surface area contributed by atoms with Crippen molar-refractivity contribution in [3.63, 3.8) is 0 Å². The topological polar surface area (TPSA) is 41.6 Å². The number of ether oxygens (including phenoxy) is 1. The standard InChI is InChI=1S/C23H30N2O2/c26-23(17-27-22-10-9-19-5-1-2-6-20(19)15-22)24-16-18-11-13-25(14-12-18)21-7-3-4-8-21/h1-2,5-6,9-10,15,18,21H,3-4,7-8,11-14,16-17H2,(H,24,26). The molecule has 0 spiro atoms. The predicted octanol–water partition coefficient (Wildman–Crippen LogP) is 3.99. The van der Waals surface area contributed by atoms with Gasteiger partial charge in [0.25, 0.3) is 5.91 Å². The third-order valence-electron chi connectivity index (χ3n) is 6.17. The summed E-state index contributed by atoms with van der Waals surface area (Å²) in [5.74, 6) is 1.32. The Balaban J connectivity index is 1.17. The van der Waals surface area contributed by atoms with Crippen LogP contribution in [-0.4, -0.2) is 43.1 Å². The second-order valence-corrected chi connectivity index (χ2v) is 8.02. The molecule has 1 saturated carbocycles. The fourth-order valence-electron chi connectivity index (χ4n) is 4.51. The number of amides is 1. The van der Waals surface area contributed by atoms with E-state index in [4.69, 9.17) is 4.74 Å². The van der Waals surface area contributed by atoms with E-state index in [1.807, 2.05) is 30.3 Å². The highest BCUT2D eigenvalue weighted by Gasteiger charge is 2.27. The molecular formula is C23H30N2O2. The van der Waals surface area contributed by atoms with Crippen molar-refractivity contribution in [3.05, 3.63) is 42.5 Å². The van der Waals surface area contributed by atoms with Gasteiger partial charge >= 0.3 is 0 Å². The van der Waals surface area contributed by atoms with Gasteiger partial charge in [-0.15, -0.1) is 0 Å². The van der Waals surface area contributed by atoms with Crippen molar-refractivity contribution < 1.29 is 9.53 Å². The van der Waals surface area contributed by atoms with E-state index in [1.165, 1.54) is 57.0 Å².